The third-order valence-electron chi connectivity index (χ3n) is 4.79. The smallest absolute Gasteiger partial charge is 0.317 e. The molecule has 1 N–H and O–H groups in total. The van der Waals surface area contributed by atoms with E-state index in [9.17, 15) is 4.79 Å². The number of aromatic nitrogens is 3. The monoisotopic (exact) mass is 353 g/mol. The highest BCUT2D eigenvalue weighted by Gasteiger charge is 2.23. The molecule has 1 atom stereocenters. The summed E-state index contributed by atoms with van der Waals surface area (Å²) in [5.41, 5.74) is 1.64. The summed E-state index contributed by atoms with van der Waals surface area (Å²) in [5.74, 6) is 1.13. The zero-order chi connectivity index (χ0) is 17.8. The minimum absolute atomic E-state index is 0.00329. The summed E-state index contributed by atoms with van der Waals surface area (Å²) in [6, 6.07) is 7.69. The van der Waals surface area contributed by atoms with E-state index >= 15 is 0 Å². The third kappa shape index (κ3) is 3.87. The number of fused-ring (bicyclic) bond motifs is 1. The van der Waals surface area contributed by atoms with E-state index < -0.39 is 0 Å². The molecule has 0 spiro atoms. The summed E-state index contributed by atoms with van der Waals surface area (Å²) >= 11 is 0. The van der Waals surface area contributed by atoms with Crippen molar-refractivity contribution in [1.29, 1.82) is 0 Å². The number of likely N-dealkylation sites (tertiary alicyclic amines) is 1. The molecule has 0 bridgehead atoms. The first kappa shape index (κ1) is 16.6. The van der Waals surface area contributed by atoms with Crippen molar-refractivity contribution in [1.82, 2.24) is 24.8 Å². The zero-order valence-corrected chi connectivity index (χ0v) is 14.7. The van der Waals surface area contributed by atoms with Gasteiger partial charge in [-0.15, -0.1) is 0 Å². The molecule has 136 valence electrons. The highest BCUT2D eigenvalue weighted by Crippen LogP contribution is 2.18. The van der Waals surface area contributed by atoms with Gasteiger partial charge in [0.05, 0.1) is 6.33 Å². The number of hydrogen-bond donors (Lipinski definition) is 1. The van der Waals surface area contributed by atoms with Gasteiger partial charge in [-0.2, -0.15) is 0 Å². The number of hydrogen-bond acceptors (Lipinski definition) is 4. The van der Waals surface area contributed by atoms with Gasteiger partial charge in [0, 0.05) is 45.0 Å². The van der Waals surface area contributed by atoms with Crippen LogP contribution in [-0.2, 0) is 13.0 Å². The molecule has 0 aliphatic carbocycles. The average Bonchev–Trinajstić information content (AvgIpc) is 3.31. The van der Waals surface area contributed by atoms with E-state index in [-0.39, 0.29) is 6.03 Å². The summed E-state index contributed by atoms with van der Waals surface area (Å²) in [6.45, 7) is 3.03. The Morgan fingerprint density at radius 2 is 2.27 bits per heavy atom. The number of carbonyl (C=O) groups is 1. The van der Waals surface area contributed by atoms with Gasteiger partial charge in [-0.1, -0.05) is 12.1 Å². The van der Waals surface area contributed by atoms with Crippen LogP contribution in [0.2, 0.25) is 0 Å². The van der Waals surface area contributed by atoms with Gasteiger partial charge >= 0.3 is 6.03 Å². The van der Waals surface area contributed by atoms with E-state index in [2.05, 4.69) is 19.9 Å². The number of oxazole rings is 1. The van der Waals surface area contributed by atoms with Crippen molar-refractivity contribution in [3.8, 4) is 0 Å². The first-order valence-electron chi connectivity index (χ1n) is 9.11. The third-order valence-corrected chi connectivity index (χ3v) is 4.79. The number of nitrogens with one attached hydrogen (secondary N) is 1. The topological polar surface area (TPSA) is 76.2 Å². The molecule has 3 heterocycles. The number of piperidine rings is 1. The summed E-state index contributed by atoms with van der Waals surface area (Å²) in [6.07, 6.45) is 8.37. The van der Waals surface area contributed by atoms with Crippen LogP contribution in [0, 0.1) is 5.92 Å². The van der Waals surface area contributed by atoms with E-state index in [1.165, 1.54) is 0 Å². The number of amides is 2. The molecule has 0 saturated carbocycles. The van der Waals surface area contributed by atoms with Gasteiger partial charge in [-0.3, -0.25) is 0 Å². The minimum atomic E-state index is -0.00329. The van der Waals surface area contributed by atoms with Crippen LogP contribution in [0.3, 0.4) is 0 Å². The number of nitrogens with zero attached hydrogens (tertiary/aromatic N) is 4. The van der Waals surface area contributed by atoms with Gasteiger partial charge in [0.1, 0.15) is 5.52 Å². The highest BCUT2D eigenvalue weighted by molar-refractivity contribution is 5.74. The lowest BCUT2D eigenvalue weighted by Crippen LogP contribution is -2.46. The molecule has 3 aromatic rings. The van der Waals surface area contributed by atoms with Crippen LogP contribution in [-0.4, -0.2) is 45.1 Å². The Hall–Kier alpha value is -2.83. The molecule has 1 fully saturated rings. The second-order valence-corrected chi connectivity index (χ2v) is 6.77. The second-order valence-electron chi connectivity index (χ2n) is 6.77. The van der Waals surface area contributed by atoms with Gasteiger partial charge < -0.3 is 19.2 Å². The van der Waals surface area contributed by atoms with Gasteiger partial charge in [0.15, 0.2) is 11.5 Å². The Kier molecular flexibility index (Phi) is 4.86. The molecule has 4 rings (SSSR count). The SMILES string of the molecule is O=C(NCCc1nc2ccccc2o1)N1CCC[C@H](Cn2ccnc2)C1. The van der Waals surface area contributed by atoms with E-state index in [0.29, 0.717) is 24.8 Å². The Labute approximate surface area is 152 Å². The predicted molar refractivity (Wildman–Crippen MR) is 97.6 cm³/mol. The number of urea groups is 1. The molecular weight excluding hydrogens is 330 g/mol. The first-order chi connectivity index (χ1) is 12.8. The van der Waals surface area contributed by atoms with Crippen LogP contribution >= 0.6 is 0 Å². The Bertz CT molecular complexity index is 825. The van der Waals surface area contributed by atoms with Gasteiger partial charge in [0.2, 0.25) is 0 Å². The van der Waals surface area contributed by atoms with Crippen molar-refractivity contribution in [2.45, 2.75) is 25.8 Å². The molecule has 7 nitrogen and oxygen atoms in total. The lowest BCUT2D eigenvalue weighted by Gasteiger charge is -2.32. The maximum atomic E-state index is 12.5. The molecule has 1 aromatic carbocycles. The standard InChI is InChI=1S/C19H23N5O2/c25-19(21-8-7-18-22-16-5-1-2-6-17(16)26-18)24-10-3-4-15(13-24)12-23-11-9-20-14-23/h1-2,5-6,9,11,14-15H,3-4,7-8,10,12-13H2,(H,21,25)/t15-/m1/s1. The van der Waals surface area contributed by atoms with Crippen LogP contribution in [0.25, 0.3) is 11.1 Å². The first-order valence-corrected chi connectivity index (χ1v) is 9.11. The second kappa shape index (κ2) is 7.59. The predicted octanol–water partition coefficient (Wildman–Crippen LogP) is 2.69. The summed E-state index contributed by atoms with van der Waals surface area (Å²) in [5, 5.41) is 2.99. The Morgan fingerprint density at radius 1 is 1.35 bits per heavy atom. The molecule has 1 aliphatic rings. The minimum Gasteiger partial charge on any atom is -0.441 e. The Morgan fingerprint density at radius 3 is 3.12 bits per heavy atom. The fraction of sp³-hybridized carbons (Fsp3) is 0.421. The number of para-hydroxylation sites is 2. The van der Waals surface area contributed by atoms with Crippen LogP contribution in [0.4, 0.5) is 4.79 Å². The fourth-order valence-corrected chi connectivity index (χ4v) is 3.51. The summed E-state index contributed by atoms with van der Waals surface area (Å²) < 4.78 is 7.77. The van der Waals surface area contributed by atoms with Crippen LogP contribution < -0.4 is 5.32 Å². The van der Waals surface area contributed by atoms with Crippen molar-refractivity contribution < 1.29 is 9.21 Å². The molecule has 7 heteroatoms. The molecular formula is C19H23N5O2. The molecule has 0 radical (unpaired) electrons. The van der Waals surface area contributed by atoms with Gasteiger partial charge in [-0.25, -0.2) is 14.8 Å². The number of imidazole rings is 1. The van der Waals surface area contributed by atoms with E-state index in [1.807, 2.05) is 41.7 Å². The number of benzene rings is 1. The highest BCUT2D eigenvalue weighted by atomic mass is 16.3. The molecule has 1 aliphatic heterocycles. The quantitative estimate of drug-likeness (QED) is 0.765. The fourth-order valence-electron chi connectivity index (χ4n) is 3.51. The van der Waals surface area contributed by atoms with Crippen LogP contribution in [0.15, 0.2) is 47.4 Å². The van der Waals surface area contributed by atoms with Crippen molar-refractivity contribution in [2.24, 2.45) is 5.92 Å². The zero-order valence-electron chi connectivity index (χ0n) is 14.7. The van der Waals surface area contributed by atoms with E-state index in [1.54, 1.807) is 6.20 Å². The molecule has 2 amide bonds. The summed E-state index contributed by atoms with van der Waals surface area (Å²) in [4.78, 5) is 22.9. The van der Waals surface area contributed by atoms with Crippen LogP contribution in [0.5, 0.6) is 0 Å². The molecule has 0 unspecified atom stereocenters. The van der Waals surface area contributed by atoms with Crippen molar-refractivity contribution in [3.63, 3.8) is 0 Å². The van der Waals surface area contributed by atoms with Crippen molar-refractivity contribution in [3.05, 3.63) is 48.9 Å². The normalized spacial score (nSPS) is 17.5. The maximum absolute atomic E-state index is 12.5. The van der Waals surface area contributed by atoms with Gasteiger partial charge in [-0.05, 0) is 30.9 Å². The van der Waals surface area contributed by atoms with Crippen LogP contribution in [0.1, 0.15) is 18.7 Å². The maximum Gasteiger partial charge on any atom is 0.317 e. The summed E-state index contributed by atoms with van der Waals surface area (Å²) in [7, 11) is 0. The largest absolute Gasteiger partial charge is 0.441 e. The lowest BCUT2D eigenvalue weighted by atomic mass is 9.98. The van der Waals surface area contributed by atoms with Crippen molar-refractivity contribution in [2.75, 3.05) is 19.6 Å². The number of carbonyl (C=O) groups excluding carboxylic acids is 1. The molecule has 1 saturated heterocycles. The van der Waals surface area contributed by atoms with E-state index in [4.69, 9.17) is 4.42 Å². The molecule has 26 heavy (non-hydrogen) atoms. The van der Waals surface area contributed by atoms with Crippen molar-refractivity contribution >= 4 is 17.1 Å². The van der Waals surface area contributed by atoms with E-state index in [0.717, 1.165) is 43.6 Å². The Balaban J connectivity index is 1.26. The van der Waals surface area contributed by atoms with Gasteiger partial charge in [0.25, 0.3) is 0 Å². The number of rotatable bonds is 5. The molecule has 2 aromatic heterocycles. The average molecular weight is 353 g/mol. The lowest BCUT2D eigenvalue weighted by molar-refractivity contribution is 0.159.